The molecule has 1 aliphatic rings. The Labute approximate surface area is 181 Å². The number of hydrogen-bond acceptors (Lipinski definition) is 4. The van der Waals surface area contributed by atoms with E-state index in [-0.39, 0.29) is 11.8 Å². The molecule has 0 unspecified atom stereocenters. The maximum atomic E-state index is 12.7. The summed E-state index contributed by atoms with van der Waals surface area (Å²) in [4.78, 5) is 2.37. The summed E-state index contributed by atoms with van der Waals surface area (Å²) in [5, 5.41) is 4.75. The second kappa shape index (κ2) is 8.98. The van der Waals surface area contributed by atoms with Gasteiger partial charge in [0.1, 0.15) is 0 Å². The van der Waals surface area contributed by atoms with E-state index in [1.54, 1.807) is 35.6 Å². The van der Waals surface area contributed by atoms with Crippen molar-refractivity contribution in [2.75, 3.05) is 13.1 Å². The van der Waals surface area contributed by atoms with E-state index in [4.69, 9.17) is 11.6 Å². The molecule has 3 aromatic rings. The first-order valence-electron chi connectivity index (χ1n) is 9.55. The summed E-state index contributed by atoms with van der Waals surface area (Å²) < 4.78 is 28.2. The lowest BCUT2D eigenvalue weighted by Gasteiger charge is -2.35. The van der Waals surface area contributed by atoms with Crippen LogP contribution < -0.4 is 4.72 Å². The third-order valence-electron chi connectivity index (χ3n) is 5.30. The fourth-order valence-corrected chi connectivity index (χ4v) is 5.74. The minimum absolute atomic E-state index is 0.00889. The molecule has 1 aliphatic heterocycles. The van der Waals surface area contributed by atoms with Gasteiger partial charge in [-0.05, 0) is 57.6 Å². The van der Waals surface area contributed by atoms with Crippen LogP contribution in [-0.4, -0.2) is 26.4 Å². The highest BCUT2D eigenvalue weighted by atomic mass is 35.5. The van der Waals surface area contributed by atoms with Gasteiger partial charge in [0.05, 0.1) is 5.75 Å². The van der Waals surface area contributed by atoms with Gasteiger partial charge < -0.3 is 0 Å². The Morgan fingerprint density at radius 2 is 1.83 bits per heavy atom. The average molecular weight is 447 g/mol. The summed E-state index contributed by atoms with van der Waals surface area (Å²) in [5.41, 5.74) is 4.59. The number of nitrogens with zero attached hydrogens (tertiary/aromatic N) is 1. The third-order valence-corrected chi connectivity index (χ3v) is 7.57. The van der Waals surface area contributed by atoms with Crippen LogP contribution in [0.3, 0.4) is 0 Å². The highest BCUT2D eigenvalue weighted by Gasteiger charge is 2.26. The molecule has 0 fully saturated rings. The van der Waals surface area contributed by atoms with E-state index in [0.717, 1.165) is 30.6 Å². The molecule has 2 heterocycles. The number of thiophene rings is 1. The Morgan fingerprint density at radius 3 is 2.55 bits per heavy atom. The zero-order valence-corrected chi connectivity index (χ0v) is 18.3. The van der Waals surface area contributed by atoms with Gasteiger partial charge in [0.2, 0.25) is 10.0 Å². The van der Waals surface area contributed by atoms with Crippen LogP contribution in [0.5, 0.6) is 0 Å². The molecular weight excluding hydrogens is 424 g/mol. The SMILES string of the molecule is O=S(=O)(Cc1ccc(Cl)cc1)NC[C@H](c1ccsc1)N1CCc2ccccc2C1. The second-order valence-electron chi connectivity index (χ2n) is 7.30. The van der Waals surface area contributed by atoms with Gasteiger partial charge in [0, 0.05) is 30.7 Å². The number of nitrogens with one attached hydrogen (secondary N) is 1. The number of sulfonamides is 1. The maximum absolute atomic E-state index is 12.7. The lowest BCUT2D eigenvalue weighted by Crippen LogP contribution is -2.40. The van der Waals surface area contributed by atoms with Crippen molar-refractivity contribution >= 4 is 33.0 Å². The quantitative estimate of drug-likeness (QED) is 0.576. The van der Waals surface area contributed by atoms with Crippen LogP contribution in [0.2, 0.25) is 5.02 Å². The first-order chi connectivity index (χ1) is 14.0. The van der Waals surface area contributed by atoms with Gasteiger partial charge in [0.15, 0.2) is 0 Å². The van der Waals surface area contributed by atoms with Gasteiger partial charge in [-0.2, -0.15) is 11.3 Å². The largest absolute Gasteiger partial charge is 0.290 e. The van der Waals surface area contributed by atoms with E-state index < -0.39 is 10.0 Å². The Bertz CT molecular complexity index is 1050. The van der Waals surface area contributed by atoms with Crippen LogP contribution in [0, 0.1) is 0 Å². The van der Waals surface area contributed by atoms with Crippen molar-refractivity contribution in [3.05, 3.63) is 92.6 Å². The number of benzene rings is 2. The molecule has 4 nitrogen and oxygen atoms in total. The zero-order chi connectivity index (χ0) is 20.3. The van der Waals surface area contributed by atoms with E-state index in [9.17, 15) is 8.42 Å². The molecular formula is C22H23ClN2O2S2. The monoisotopic (exact) mass is 446 g/mol. The zero-order valence-electron chi connectivity index (χ0n) is 15.9. The summed E-state index contributed by atoms with van der Waals surface area (Å²) in [6.07, 6.45) is 0.980. The van der Waals surface area contributed by atoms with Crippen LogP contribution in [0.1, 0.15) is 28.3 Å². The predicted molar refractivity (Wildman–Crippen MR) is 120 cm³/mol. The Balaban J connectivity index is 1.48. The van der Waals surface area contributed by atoms with Crippen molar-refractivity contribution < 1.29 is 8.42 Å². The van der Waals surface area contributed by atoms with Gasteiger partial charge in [-0.15, -0.1) is 0 Å². The lowest BCUT2D eigenvalue weighted by molar-refractivity contribution is 0.180. The molecule has 0 radical (unpaired) electrons. The molecule has 7 heteroatoms. The predicted octanol–water partition coefficient (Wildman–Crippen LogP) is 4.62. The molecule has 0 saturated heterocycles. The second-order valence-corrected chi connectivity index (χ2v) is 10.3. The van der Waals surface area contributed by atoms with Crippen molar-refractivity contribution in [2.45, 2.75) is 24.8 Å². The van der Waals surface area contributed by atoms with Gasteiger partial charge in [0.25, 0.3) is 0 Å². The molecule has 1 atom stereocenters. The van der Waals surface area contributed by atoms with Gasteiger partial charge >= 0.3 is 0 Å². The lowest BCUT2D eigenvalue weighted by atomic mass is 9.97. The molecule has 0 spiro atoms. The number of hydrogen-bond donors (Lipinski definition) is 1. The van der Waals surface area contributed by atoms with Crippen LogP contribution in [0.25, 0.3) is 0 Å². The average Bonchev–Trinajstić information content (AvgIpc) is 3.24. The Morgan fingerprint density at radius 1 is 1.07 bits per heavy atom. The molecule has 0 saturated carbocycles. The van der Waals surface area contributed by atoms with E-state index in [2.05, 4.69) is 45.3 Å². The molecule has 0 amide bonds. The smallest absolute Gasteiger partial charge is 0.215 e. The normalized spacial score (nSPS) is 15.8. The molecule has 29 heavy (non-hydrogen) atoms. The standard InChI is InChI=1S/C22H23ClN2O2S2/c23-21-7-5-17(6-8-21)16-29(26,27)24-13-22(20-10-12-28-15-20)25-11-9-18-3-1-2-4-19(18)14-25/h1-8,10,12,15,22,24H,9,11,13-14,16H2/t22-/m1/s1. The first kappa shape index (κ1) is 20.6. The third kappa shape index (κ3) is 5.27. The van der Waals surface area contributed by atoms with Crippen molar-refractivity contribution in [1.29, 1.82) is 0 Å². The fourth-order valence-electron chi connectivity index (χ4n) is 3.76. The van der Waals surface area contributed by atoms with Gasteiger partial charge in [-0.3, -0.25) is 4.90 Å². The Kier molecular flexibility index (Phi) is 6.37. The molecule has 0 bridgehead atoms. The molecule has 152 valence electrons. The maximum Gasteiger partial charge on any atom is 0.215 e. The summed E-state index contributed by atoms with van der Waals surface area (Å²) in [6.45, 7) is 2.10. The van der Waals surface area contributed by atoms with Gasteiger partial charge in [-0.25, -0.2) is 13.1 Å². The molecule has 1 N–H and O–H groups in total. The van der Waals surface area contributed by atoms with Crippen LogP contribution in [0.4, 0.5) is 0 Å². The highest BCUT2D eigenvalue weighted by molar-refractivity contribution is 7.88. The number of fused-ring (bicyclic) bond motifs is 1. The highest BCUT2D eigenvalue weighted by Crippen LogP contribution is 2.29. The van der Waals surface area contributed by atoms with Crippen LogP contribution >= 0.6 is 22.9 Å². The van der Waals surface area contributed by atoms with Crippen molar-refractivity contribution in [3.63, 3.8) is 0 Å². The molecule has 2 aromatic carbocycles. The first-order valence-corrected chi connectivity index (χ1v) is 12.5. The molecule has 0 aliphatic carbocycles. The summed E-state index contributed by atoms with van der Waals surface area (Å²) >= 11 is 7.53. The van der Waals surface area contributed by atoms with Crippen molar-refractivity contribution in [1.82, 2.24) is 9.62 Å². The van der Waals surface area contributed by atoms with E-state index in [0.29, 0.717) is 11.6 Å². The van der Waals surface area contributed by atoms with Crippen molar-refractivity contribution in [2.24, 2.45) is 0 Å². The number of rotatable bonds is 7. The minimum Gasteiger partial charge on any atom is -0.290 e. The van der Waals surface area contributed by atoms with Crippen molar-refractivity contribution in [3.8, 4) is 0 Å². The van der Waals surface area contributed by atoms with Crippen LogP contribution in [0.15, 0.2) is 65.4 Å². The van der Waals surface area contributed by atoms with Gasteiger partial charge in [-0.1, -0.05) is 48.0 Å². The topological polar surface area (TPSA) is 49.4 Å². The van der Waals surface area contributed by atoms with E-state index >= 15 is 0 Å². The van der Waals surface area contributed by atoms with E-state index in [1.807, 2.05) is 5.38 Å². The van der Waals surface area contributed by atoms with Crippen LogP contribution in [-0.2, 0) is 28.7 Å². The molecule has 4 rings (SSSR count). The number of halogens is 1. The molecule has 1 aromatic heterocycles. The van der Waals surface area contributed by atoms with E-state index in [1.165, 1.54) is 11.1 Å². The minimum atomic E-state index is -3.45. The summed E-state index contributed by atoms with van der Waals surface area (Å²) in [7, 11) is -3.45. The fraction of sp³-hybridized carbons (Fsp3) is 0.273. The summed E-state index contributed by atoms with van der Waals surface area (Å²) in [5.74, 6) is -0.0522. The summed E-state index contributed by atoms with van der Waals surface area (Å²) in [6, 6.07) is 17.5. The Hall–Kier alpha value is -1.70.